The Bertz CT molecular complexity index is 261. The van der Waals surface area contributed by atoms with Gasteiger partial charge in [-0.05, 0) is 55.5 Å². The van der Waals surface area contributed by atoms with Crippen molar-refractivity contribution in [3.8, 4) is 0 Å². The number of nitrogens with zero attached hydrogens (tertiary/aromatic N) is 2. The lowest BCUT2D eigenvalue weighted by Gasteiger charge is -2.25. The van der Waals surface area contributed by atoms with Gasteiger partial charge in [-0.2, -0.15) is 0 Å². The van der Waals surface area contributed by atoms with E-state index in [0.717, 1.165) is 42.4 Å². The van der Waals surface area contributed by atoms with Gasteiger partial charge in [-0.15, -0.1) is 0 Å². The minimum Gasteiger partial charge on any atom is -0.600 e. The molecule has 0 heterocycles. The van der Waals surface area contributed by atoms with Crippen molar-refractivity contribution in [2.75, 3.05) is 0 Å². The van der Waals surface area contributed by atoms with Crippen LogP contribution in [0.3, 0.4) is 0 Å². The maximum absolute atomic E-state index is 12.0. The lowest BCUT2D eigenvalue weighted by atomic mass is 9.87. The van der Waals surface area contributed by atoms with Crippen molar-refractivity contribution < 1.29 is 4.86 Å². The van der Waals surface area contributed by atoms with Crippen LogP contribution >= 0.6 is 0 Å². The molecule has 17 heavy (non-hydrogen) atoms. The highest BCUT2D eigenvalue weighted by atomic mass is 16.5. The van der Waals surface area contributed by atoms with Crippen LogP contribution in [0.25, 0.3) is 0 Å². The van der Waals surface area contributed by atoms with Crippen molar-refractivity contribution in [3.05, 3.63) is 5.21 Å². The summed E-state index contributed by atoms with van der Waals surface area (Å²) in [6.07, 6.45) is 9.18. The summed E-state index contributed by atoms with van der Waals surface area (Å²) in [5, 5.41) is 16.4. The number of azo groups is 1. The first-order chi connectivity index (χ1) is 8.15. The Morgan fingerprint density at radius 1 is 0.824 bits per heavy atom. The van der Waals surface area contributed by atoms with Crippen LogP contribution < -0.4 is 0 Å². The van der Waals surface area contributed by atoms with E-state index < -0.39 is 0 Å². The van der Waals surface area contributed by atoms with Crippen LogP contribution in [0.2, 0.25) is 0 Å². The molecule has 2 aliphatic rings. The minimum atomic E-state index is 0.172. The van der Waals surface area contributed by atoms with Gasteiger partial charge >= 0.3 is 0 Å². The van der Waals surface area contributed by atoms with Gasteiger partial charge in [-0.1, -0.05) is 18.7 Å². The maximum atomic E-state index is 12.0. The average molecular weight is 238 g/mol. The predicted octanol–water partition coefficient (Wildman–Crippen LogP) is 4.11. The first kappa shape index (κ1) is 12.8. The van der Waals surface area contributed by atoms with Crippen molar-refractivity contribution in [2.24, 2.45) is 17.0 Å². The molecule has 0 atom stereocenters. The molecule has 0 N–H and O–H groups in total. The lowest BCUT2D eigenvalue weighted by Crippen LogP contribution is -2.28. The highest BCUT2D eigenvalue weighted by Gasteiger charge is 2.27. The number of hydrogen-bond donors (Lipinski definition) is 0. The molecule has 0 radical (unpaired) electrons. The topological polar surface area (TPSA) is 38.4 Å². The Balaban J connectivity index is 1.84. The van der Waals surface area contributed by atoms with Crippen LogP contribution in [0.1, 0.15) is 65.2 Å². The molecule has 3 heteroatoms. The Labute approximate surface area is 105 Å². The first-order valence-corrected chi connectivity index (χ1v) is 7.32. The number of rotatable bonds is 2. The Hall–Kier alpha value is -0.600. The lowest BCUT2D eigenvalue weighted by molar-refractivity contribution is -0.576. The summed E-state index contributed by atoms with van der Waals surface area (Å²) in [5.41, 5.74) is 0. The van der Waals surface area contributed by atoms with Gasteiger partial charge in [0.15, 0.2) is 6.04 Å². The number of hydroxylamine groups is 1. The van der Waals surface area contributed by atoms with E-state index in [1.165, 1.54) is 25.7 Å². The van der Waals surface area contributed by atoms with Crippen LogP contribution in [-0.4, -0.2) is 16.9 Å². The molecule has 2 aliphatic carbocycles. The number of hydrogen-bond acceptors (Lipinski definition) is 2. The van der Waals surface area contributed by atoms with E-state index in [1.807, 2.05) is 0 Å². The fourth-order valence-electron chi connectivity index (χ4n) is 3.08. The highest BCUT2D eigenvalue weighted by Crippen LogP contribution is 2.28. The summed E-state index contributed by atoms with van der Waals surface area (Å²) in [4.78, 5) is 1.06. The van der Waals surface area contributed by atoms with E-state index in [-0.39, 0.29) is 6.04 Å². The predicted molar refractivity (Wildman–Crippen MR) is 68.9 cm³/mol. The van der Waals surface area contributed by atoms with E-state index in [2.05, 4.69) is 19.0 Å². The van der Waals surface area contributed by atoms with E-state index in [0.29, 0.717) is 6.04 Å². The van der Waals surface area contributed by atoms with E-state index >= 15 is 0 Å². The molecule has 0 bridgehead atoms. The zero-order valence-electron chi connectivity index (χ0n) is 11.3. The Morgan fingerprint density at radius 2 is 1.29 bits per heavy atom. The molecule has 0 aromatic carbocycles. The van der Waals surface area contributed by atoms with Gasteiger partial charge in [0, 0.05) is 12.8 Å². The van der Waals surface area contributed by atoms with Crippen LogP contribution in [0.4, 0.5) is 0 Å². The highest BCUT2D eigenvalue weighted by molar-refractivity contribution is 4.73. The van der Waals surface area contributed by atoms with Gasteiger partial charge in [0.25, 0.3) is 0 Å². The van der Waals surface area contributed by atoms with Crippen molar-refractivity contribution >= 4 is 0 Å². The molecule has 0 aromatic rings. The van der Waals surface area contributed by atoms with Crippen molar-refractivity contribution in [1.29, 1.82) is 0 Å². The molecular weight excluding hydrogens is 212 g/mol. The van der Waals surface area contributed by atoms with E-state index in [4.69, 9.17) is 0 Å². The molecular formula is C14H26N2O. The van der Waals surface area contributed by atoms with Crippen molar-refractivity contribution in [2.45, 2.75) is 77.3 Å². The fourth-order valence-corrected chi connectivity index (χ4v) is 3.08. The van der Waals surface area contributed by atoms with E-state index in [9.17, 15) is 5.21 Å². The average Bonchev–Trinajstić information content (AvgIpc) is 2.33. The second-order valence-electron chi connectivity index (χ2n) is 6.25. The summed E-state index contributed by atoms with van der Waals surface area (Å²) in [7, 11) is 0. The van der Waals surface area contributed by atoms with Gasteiger partial charge < -0.3 is 5.21 Å². The zero-order valence-corrected chi connectivity index (χ0v) is 11.3. The summed E-state index contributed by atoms with van der Waals surface area (Å²) < 4.78 is 0. The Morgan fingerprint density at radius 3 is 1.82 bits per heavy atom. The van der Waals surface area contributed by atoms with Gasteiger partial charge in [-0.3, -0.25) is 0 Å². The van der Waals surface area contributed by atoms with Crippen LogP contribution in [0.5, 0.6) is 0 Å². The van der Waals surface area contributed by atoms with Gasteiger partial charge in [0.05, 0.1) is 0 Å². The molecule has 0 aliphatic heterocycles. The Kier molecular flexibility index (Phi) is 4.41. The second kappa shape index (κ2) is 5.83. The molecule has 2 saturated carbocycles. The van der Waals surface area contributed by atoms with Gasteiger partial charge in [0.1, 0.15) is 6.04 Å². The molecule has 3 nitrogen and oxygen atoms in total. The second-order valence-corrected chi connectivity index (χ2v) is 6.25. The van der Waals surface area contributed by atoms with Gasteiger partial charge in [0.2, 0.25) is 0 Å². The van der Waals surface area contributed by atoms with E-state index in [1.54, 1.807) is 0 Å². The smallest absolute Gasteiger partial charge is 0.189 e. The summed E-state index contributed by atoms with van der Waals surface area (Å²) in [6, 6.07) is 0.480. The normalized spacial score (nSPS) is 40.2. The third-order valence-electron chi connectivity index (χ3n) is 4.56. The van der Waals surface area contributed by atoms with Crippen molar-refractivity contribution in [3.63, 3.8) is 0 Å². The summed E-state index contributed by atoms with van der Waals surface area (Å²) in [6.45, 7) is 4.58. The van der Waals surface area contributed by atoms with Crippen LogP contribution in [0, 0.1) is 17.0 Å². The van der Waals surface area contributed by atoms with Crippen molar-refractivity contribution in [1.82, 2.24) is 0 Å². The third-order valence-corrected chi connectivity index (χ3v) is 4.56. The maximum Gasteiger partial charge on any atom is 0.189 e. The van der Waals surface area contributed by atoms with Gasteiger partial charge in [-0.25, -0.2) is 0 Å². The molecule has 2 rings (SSSR count). The standard InChI is InChI=1S/C14H26N2O/c1-11-3-7-13(8-4-11)15-16(17)14-9-5-12(2)6-10-14/h11-14H,3-10H2,1-2H3. The quantitative estimate of drug-likeness (QED) is 0.405. The fraction of sp³-hybridized carbons (Fsp3) is 1.00. The first-order valence-electron chi connectivity index (χ1n) is 7.32. The molecule has 0 amide bonds. The molecule has 0 spiro atoms. The van der Waals surface area contributed by atoms with Crippen LogP contribution in [0.15, 0.2) is 5.11 Å². The molecule has 0 saturated heterocycles. The van der Waals surface area contributed by atoms with Crippen LogP contribution in [-0.2, 0) is 0 Å². The summed E-state index contributed by atoms with van der Waals surface area (Å²) in [5.74, 6) is 1.63. The molecule has 0 aromatic heterocycles. The zero-order chi connectivity index (χ0) is 12.3. The SMILES string of the molecule is CC1CCC(N=[N+]([O-])C2CCC(C)CC2)CC1. The summed E-state index contributed by atoms with van der Waals surface area (Å²) >= 11 is 0. The largest absolute Gasteiger partial charge is 0.600 e. The molecule has 2 fully saturated rings. The third kappa shape index (κ3) is 3.68. The molecule has 98 valence electrons. The monoisotopic (exact) mass is 238 g/mol. The minimum absolute atomic E-state index is 0.172. The molecule has 0 unspecified atom stereocenters.